The summed E-state index contributed by atoms with van der Waals surface area (Å²) in [5.74, 6) is -1.20. The predicted octanol–water partition coefficient (Wildman–Crippen LogP) is 2.92. The van der Waals surface area contributed by atoms with Crippen LogP contribution in [0.4, 0.5) is 4.79 Å². The number of ether oxygens (including phenoxy) is 2. The normalized spacial score (nSPS) is 14.9. The van der Waals surface area contributed by atoms with Crippen LogP contribution in [0.1, 0.15) is 64.1 Å². The fourth-order valence-corrected chi connectivity index (χ4v) is 3.74. The number of nitrogens with one attached hydrogen (secondary N) is 2. The van der Waals surface area contributed by atoms with Gasteiger partial charge in [-0.25, -0.2) is 4.79 Å². The molecule has 2 rings (SSSR count). The number of thiol groups is 1. The van der Waals surface area contributed by atoms with Crippen LogP contribution in [0.2, 0.25) is 0 Å². The Morgan fingerprint density at radius 2 is 1.77 bits per heavy atom. The molecule has 1 fully saturated rings. The summed E-state index contributed by atoms with van der Waals surface area (Å²) in [6.07, 6.45) is 0.787. The van der Waals surface area contributed by atoms with E-state index in [1.165, 1.54) is 4.90 Å². The maximum Gasteiger partial charge on any atom is 0.408 e. The second-order valence-corrected chi connectivity index (χ2v) is 9.88. The lowest BCUT2D eigenvalue weighted by Gasteiger charge is -2.34. The Labute approximate surface area is 212 Å². The quantitative estimate of drug-likeness (QED) is 0.314. The molecule has 0 aliphatic heterocycles. The van der Waals surface area contributed by atoms with E-state index in [4.69, 9.17) is 9.47 Å². The minimum Gasteiger partial charge on any atom is -0.466 e. The number of carbonyl (C=O) groups is 4. The van der Waals surface area contributed by atoms with Crippen LogP contribution < -0.4 is 10.6 Å². The molecular formula is C25H37N3O6S. The zero-order valence-corrected chi connectivity index (χ0v) is 22.0. The zero-order chi connectivity index (χ0) is 26.2. The second-order valence-electron chi connectivity index (χ2n) is 9.52. The summed E-state index contributed by atoms with van der Waals surface area (Å²) in [6, 6.07) is 5.31. The van der Waals surface area contributed by atoms with E-state index in [9.17, 15) is 19.2 Å². The van der Waals surface area contributed by atoms with E-state index >= 15 is 0 Å². The average Bonchev–Trinajstić information content (AvgIpc) is 3.60. The maximum absolute atomic E-state index is 13.7. The molecule has 1 aromatic rings. The van der Waals surface area contributed by atoms with Crippen molar-refractivity contribution in [3.63, 3.8) is 0 Å². The van der Waals surface area contributed by atoms with Gasteiger partial charge in [0.1, 0.15) is 17.7 Å². The molecule has 0 spiro atoms. The summed E-state index contributed by atoms with van der Waals surface area (Å²) in [5, 5.41) is 5.36. The van der Waals surface area contributed by atoms with Gasteiger partial charge >= 0.3 is 12.1 Å². The van der Waals surface area contributed by atoms with Gasteiger partial charge in [-0.1, -0.05) is 29.8 Å². The van der Waals surface area contributed by atoms with E-state index in [1.807, 2.05) is 31.2 Å². The van der Waals surface area contributed by atoms with E-state index in [0.717, 1.165) is 18.4 Å². The molecule has 0 radical (unpaired) electrons. The van der Waals surface area contributed by atoms with Gasteiger partial charge in [0, 0.05) is 18.3 Å². The summed E-state index contributed by atoms with van der Waals surface area (Å²) in [5.41, 5.74) is 0.923. The second kappa shape index (κ2) is 12.8. The molecule has 0 saturated heterocycles. The van der Waals surface area contributed by atoms with Gasteiger partial charge in [0.15, 0.2) is 0 Å². The van der Waals surface area contributed by atoms with Gasteiger partial charge in [0.25, 0.3) is 0 Å². The molecule has 10 heteroatoms. The van der Waals surface area contributed by atoms with Gasteiger partial charge in [-0.15, -0.1) is 0 Å². The van der Waals surface area contributed by atoms with E-state index < -0.39 is 41.6 Å². The SMILES string of the molecule is CCOC(=O)CCNC(=O)C(c1ccc(C)cc1)N(C(=O)C(CS)NC(=O)OC(C)(C)C)C1CC1. The molecule has 0 heterocycles. The fraction of sp³-hybridized carbons (Fsp3) is 0.600. The monoisotopic (exact) mass is 507 g/mol. The average molecular weight is 508 g/mol. The van der Waals surface area contributed by atoms with Gasteiger partial charge in [-0.05, 0) is 53.0 Å². The Bertz CT molecular complexity index is 895. The molecule has 2 N–H and O–H groups in total. The first-order valence-electron chi connectivity index (χ1n) is 11.9. The number of hydrogen-bond acceptors (Lipinski definition) is 7. The summed E-state index contributed by atoms with van der Waals surface area (Å²) < 4.78 is 10.2. The van der Waals surface area contributed by atoms with Crippen molar-refractivity contribution in [1.29, 1.82) is 0 Å². The Balaban J connectivity index is 2.28. The fourth-order valence-electron chi connectivity index (χ4n) is 3.49. The molecule has 2 atom stereocenters. The lowest BCUT2D eigenvalue weighted by atomic mass is 10.0. The summed E-state index contributed by atoms with van der Waals surface area (Å²) in [7, 11) is 0. The van der Waals surface area contributed by atoms with Gasteiger partial charge < -0.3 is 25.0 Å². The first-order chi connectivity index (χ1) is 16.5. The summed E-state index contributed by atoms with van der Waals surface area (Å²) in [4.78, 5) is 52.6. The highest BCUT2D eigenvalue weighted by molar-refractivity contribution is 7.80. The highest BCUT2D eigenvalue weighted by Crippen LogP contribution is 2.35. The standard InChI is InChI=1S/C25H37N3O6S/c1-6-33-20(29)13-14-26-22(30)21(17-9-7-16(2)8-10-17)28(18-11-12-18)23(31)19(15-35)27-24(32)34-25(3,4)5/h7-10,18-19,21,35H,6,11-15H2,1-5H3,(H,26,30)(H,27,32). The molecule has 1 aliphatic carbocycles. The Hall–Kier alpha value is -2.75. The molecule has 1 aliphatic rings. The summed E-state index contributed by atoms with van der Waals surface area (Å²) in [6.45, 7) is 9.19. The first kappa shape index (κ1) is 28.5. The molecule has 3 amide bonds. The number of nitrogens with zero attached hydrogens (tertiary/aromatic N) is 1. The van der Waals surface area contributed by atoms with E-state index in [2.05, 4.69) is 23.3 Å². The molecule has 1 saturated carbocycles. The minimum atomic E-state index is -0.978. The van der Waals surface area contributed by atoms with E-state index in [-0.39, 0.29) is 31.4 Å². The molecule has 2 unspecified atom stereocenters. The van der Waals surface area contributed by atoms with Gasteiger partial charge in [0.05, 0.1) is 13.0 Å². The van der Waals surface area contributed by atoms with Crippen molar-refractivity contribution in [3.8, 4) is 0 Å². The minimum absolute atomic E-state index is 0.0248. The van der Waals surface area contributed by atoms with Crippen LogP contribution >= 0.6 is 12.6 Å². The summed E-state index contributed by atoms with van der Waals surface area (Å²) >= 11 is 4.27. The van der Waals surface area contributed by atoms with Crippen LogP contribution in [-0.4, -0.2) is 65.4 Å². The number of alkyl carbamates (subject to hydrolysis) is 1. The topological polar surface area (TPSA) is 114 Å². The highest BCUT2D eigenvalue weighted by Gasteiger charge is 2.43. The van der Waals surface area contributed by atoms with E-state index in [1.54, 1.807) is 27.7 Å². The molecule has 1 aromatic carbocycles. The third-order valence-corrected chi connectivity index (χ3v) is 5.58. The van der Waals surface area contributed by atoms with Crippen LogP contribution in [0.25, 0.3) is 0 Å². The number of benzene rings is 1. The third-order valence-electron chi connectivity index (χ3n) is 5.22. The van der Waals surface area contributed by atoms with Crippen molar-refractivity contribution in [3.05, 3.63) is 35.4 Å². The number of aryl methyl sites for hydroxylation is 1. The van der Waals surface area contributed by atoms with Crippen molar-refractivity contribution < 1.29 is 28.7 Å². The molecule has 194 valence electrons. The third kappa shape index (κ3) is 9.08. The number of amides is 3. The van der Waals surface area contributed by atoms with Crippen molar-refractivity contribution in [2.45, 2.75) is 77.6 Å². The van der Waals surface area contributed by atoms with Gasteiger partial charge in [0.2, 0.25) is 11.8 Å². The smallest absolute Gasteiger partial charge is 0.408 e. The highest BCUT2D eigenvalue weighted by atomic mass is 32.1. The lowest BCUT2D eigenvalue weighted by Crippen LogP contribution is -2.54. The number of esters is 1. The number of rotatable bonds is 11. The Morgan fingerprint density at radius 3 is 2.29 bits per heavy atom. The Kier molecular flexibility index (Phi) is 10.4. The largest absolute Gasteiger partial charge is 0.466 e. The molecule has 9 nitrogen and oxygen atoms in total. The molecular weight excluding hydrogens is 470 g/mol. The molecule has 0 aromatic heterocycles. The number of hydrogen-bond donors (Lipinski definition) is 3. The maximum atomic E-state index is 13.7. The zero-order valence-electron chi connectivity index (χ0n) is 21.1. The number of carbonyl (C=O) groups excluding carboxylic acids is 4. The van der Waals surface area contributed by atoms with Crippen molar-refractivity contribution in [2.75, 3.05) is 18.9 Å². The van der Waals surface area contributed by atoms with Crippen LogP contribution in [0.15, 0.2) is 24.3 Å². The van der Waals surface area contributed by atoms with Gasteiger partial charge in [-0.2, -0.15) is 12.6 Å². The lowest BCUT2D eigenvalue weighted by molar-refractivity contribution is -0.144. The first-order valence-corrected chi connectivity index (χ1v) is 12.5. The molecule has 0 bridgehead atoms. The van der Waals surface area contributed by atoms with Crippen LogP contribution in [0.3, 0.4) is 0 Å². The molecule has 35 heavy (non-hydrogen) atoms. The van der Waals surface area contributed by atoms with Crippen molar-refractivity contribution in [1.82, 2.24) is 15.5 Å². The Morgan fingerprint density at radius 1 is 1.14 bits per heavy atom. The van der Waals surface area contributed by atoms with Gasteiger partial charge in [-0.3, -0.25) is 14.4 Å². The van der Waals surface area contributed by atoms with Crippen LogP contribution in [0, 0.1) is 6.92 Å². The van der Waals surface area contributed by atoms with Crippen LogP contribution in [-0.2, 0) is 23.9 Å². The van der Waals surface area contributed by atoms with Crippen LogP contribution in [0.5, 0.6) is 0 Å². The predicted molar refractivity (Wildman–Crippen MR) is 135 cm³/mol. The van der Waals surface area contributed by atoms with E-state index in [0.29, 0.717) is 5.56 Å². The van der Waals surface area contributed by atoms with Crippen molar-refractivity contribution in [2.24, 2.45) is 0 Å². The van der Waals surface area contributed by atoms with Crippen molar-refractivity contribution >= 4 is 36.5 Å².